The molecule has 4 fully saturated rings. The van der Waals surface area contributed by atoms with Crippen LogP contribution in [0.1, 0.15) is 49.7 Å². The van der Waals surface area contributed by atoms with E-state index in [-0.39, 0.29) is 36.9 Å². The summed E-state index contributed by atoms with van der Waals surface area (Å²) in [7, 11) is 0. The van der Waals surface area contributed by atoms with Crippen LogP contribution in [0, 0.1) is 23.2 Å². The van der Waals surface area contributed by atoms with Crippen molar-refractivity contribution in [3.63, 3.8) is 0 Å². The SMILES string of the molecule is O=C(CNC(=O)C12CC3CC(CC(C3)C1)C2)NCc1ccc(COCC(F)(F)F)cc1. The van der Waals surface area contributed by atoms with Crippen LogP contribution in [0.15, 0.2) is 24.3 Å². The lowest BCUT2D eigenvalue weighted by molar-refractivity contribution is -0.176. The summed E-state index contributed by atoms with van der Waals surface area (Å²) >= 11 is 0. The summed E-state index contributed by atoms with van der Waals surface area (Å²) in [6.07, 6.45) is 2.35. The highest BCUT2D eigenvalue weighted by molar-refractivity contribution is 5.88. The van der Waals surface area contributed by atoms with Crippen molar-refractivity contribution < 1.29 is 27.5 Å². The van der Waals surface area contributed by atoms with Crippen LogP contribution < -0.4 is 10.6 Å². The molecule has 0 heterocycles. The van der Waals surface area contributed by atoms with Gasteiger partial charge in [-0.25, -0.2) is 0 Å². The number of carbonyl (C=O) groups is 2. The number of hydrogen-bond acceptors (Lipinski definition) is 3. The summed E-state index contributed by atoms with van der Waals surface area (Å²) in [6.45, 7) is -1.15. The van der Waals surface area contributed by atoms with Crippen LogP contribution >= 0.6 is 0 Å². The van der Waals surface area contributed by atoms with E-state index in [1.165, 1.54) is 19.3 Å². The molecule has 4 bridgehead atoms. The molecule has 0 radical (unpaired) electrons. The molecule has 0 saturated heterocycles. The van der Waals surface area contributed by atoms with Gasteiger partial charge in [0.25, 0.3) is 0 Å². The molecule has 0 spiro atoms. The number of rotatable bonds is 8. The Bertz CT molecular complexity index is 772. The van der Waals surface area contributed by atoms with Gasteiger partial charge in [0, 0.05) is 12.0 Å². The van der Waals surface area contributed by atoms with Crippen LogP contribution in [0.4, 0.5) is 13.2 Å². The van der Waals surface area contributed by atoms with Gasteiger partial charge in [0.2, 0.25) is 11.8 Å². The Hall–Kier alpha value is -2.09. The lowest BCUT2D eigenvalue weighted by Crippen LogP contribution is -2.54. The van der Waals surface area contributed by atoms with Crippen molar-refractivity contribution in [2.75, 3.05) is 13.2 Å². The molecule has 1 aromatic rings. The van der Waals surface area contributed by atoms with E-state index in [1.807, 2.05) is 0 Å². The van der Waals surface area contributed by atoms with E-state index < -0.39 is 12.8 Å². The lowest BCUT2D eigenvalue weighted by atomic mass is 9.49. The summed E-state index contributed by atoms with van der Waals surface area (Å²) in [5.74, 6) is 1.80. The summed E-state index contributed by atoms with van der Waals surface area (Å²) in [5, 5.41) is 5.64. The number of ether oxygens (including phenoxy) is 1. The van der Waals surface area contributed by atoms with Crippen LogP contribution in [0.3, 0.4) is 0 Å². The van der Waals surface area contributed by atoms with Gasteiger partial charge in [-0.1, -0.05) is 24.3 Å². The highest BCUT2D eigenvalue weighted by atomic mass is 19.4. The molecule has 2 N–H and O–H groups in total. The number of benzene rings is 1. The Balaban J connectivity index is 1.18. The summed E-state index contributed by atoms with van der Waals surface area (Å²) in [5.41, 5.74) is 1.18. The Morgan fingerprint density at radius 2 is 1.48 bits per heavy atom. The zero-order chi connectivity index (χ0) is 22.1. The van der Waals surface area contributed by atoms with Gasteiger partial charge in [0.1, 0.15) is 6.61 Å². The van der Waals surface area contributed by atoms with Crippen molar-refractivity contribution in [3.8, 4) is 0 Å². The standard InChI is InChI=1S/C23H29F3N2O3/c24-23(25,26)14-31-13-16-3-1-15(2-4-16)11-27-20(29)12-28-21(30)22-8-17-5-18(9-22)7-19(6-17)10-22/h1-4,17-19H,5-14H2,(H,27,29)(H,28,30). The number of nitrogens with one attached hydrogen (secondary N) is 2. The van der Waals surface area contributed by atoms with Gasteiger partial charge >= 0.3 is 6.18 Å². The predicted octanol–water partition coefficient (Wildman–Crippen LogP) is 3.71. The highest BCUT2D eigenvalue weighted by Crippen LogP contribution is 2.60. The minimum absolute atomic E-state index is 0.0324. The maximum atomic E-state index is 12.9. The van der Waals surface area contributed by atoms with Gasteiger partial charge in [-0.3, -0.25) is 9.59 Å². The van der Waals surface area contributed by atoms with Gasteiger partial charge < -0.3 is 15.4 Å². The van der Waals surface area contributed by atoms with Crippen molar-refractivity contribution >= 4 is 11.8 Å². The average molecular weight is 438 g/mol. The van der Waals surface area contributed by atoms with E-state index in [0.29, 0.717) is 23.3 Å². The van der Waals surface area contributed by atoms with Crippen molar-refractivity contribution in [3.05, 3.63) is 35.4 Å². The van der Waals surface area contributed by atoms with E-state index in [9.17, 15) is 22.8 Å². The second-order valence-electron chi connectivity index (χ2n) is 9.58. The van der Waals surface area contributed by atoms with Crippen molar-refractivity contribution in [1.29, 1.82) is 0 Å². The second kappa shape index (κ2) is 8.81. The first-order valence-corrected chi connectivity index (χ1v) is 11.0. The minimum Gasteiger partial charge on any atom is -0.367 e. The Morgan fingerprint density at radius 3 is 2.03 bits per heavy atom. The predicted molar refractivity (Wildman–Crippen MR) is 108 cm³/mol. The largest absolute Gasteiger partial charge is 0.411 e. The van der Waals surface area contributed by atoms with Gasteiger partial charge in [-0.05, 0) is 67.4 Å². The third kappa shape index (κ3) is 5.59. The second-order valence-corrected chi connectivity index (χ2v) is 9.58. The summed E-state index contributed by atoms with van der Waals surface area (Å²) < 4.78 is 40.9. The Kier molecular flexibility index (Phi) is 6.28. The van der Waals surface area contributed by atoms with Crippen LogP contribution in [-0.4, -0.2) is 31.1 Å². The van der Waals surface area contributed by atoms with E-state index >= 15 is 0 Å². The maximum Gasteiger partial charge on any atom is 0.411 e. The number of amides is 2. The molecule has 1 aromatic carbocycles. The van der Waals surface area contributed by atoms with Crippen molar-refractivity contribution in [1.82, 2.24) is 10.6 Å². The van der Waals surface area contributed by atoms with Crippen molar-refractivity contribution in [2.45, 2.75) is 57.9 Å². The summed E-state index contributed by atoms with van der Waals surface area (Å²) in [4.78, 5) is 25.1. The van der Waals surface area contributed by atoms with Gasteiger partial charge in [-0.2, -0.15) is 13.2 Å². The van der Waals surface area contributed by atoms with Crippen molar-refractivity contribution in [2.24, 2.45) is 23.2 Å². The number of carbonyl (C=O) groups excluding carboxylic acids is 2. The first kappa shape index (κ1) is 22.1. The maximum absolute atomic E-state index is 12.9. The number of halogens is 3. The molecule has 5 rings (SSSR count). The molecule has 0 aromatic heterocycles. The molecule has 31 heavy (non-hydrogen) atoms. The zero-order valence-corrected chi connectivity index (χ0v) is 17.5. The van der Waals surface area contributed by atoms with Crippen LogP contribution in [0.25, 0.3) is 0 Å². The highest BCUT2D eigenvalue weighted by Gasteiger charge is 2.54. The molecule has 0 atom stereocenters. The van der Waals surface area contributed by atoms with Crippen LogP contribution in [0.2, 0.25) is 0 Å². The smallest absolute Gasteiger partial charge is 0.367 e. The Labute approximate surface area is 180 Å². The van der Waals surface area contributed by atoms with E-state index in [2.05, 4.69) is 15.4 Å². The third-order valence-electron chi connectivity index (χ3n) is 6.98. The number of alkyl halides is 3. The molecule has 0 unspecified atom stereocenters. The van der Waals surface area contributed by atoms with E-state index in [4.69, 9.17) is 0 Å². The topological polar surface area (TPSA) is 67.4 Å². The quantitative estimate of drug-likeness (QED) is 0.650. The molecule has 2 amide bonds. The normalized spacial score (nSPS) is 29.1. The molecule has 4 aliphatic carbocycles. The fourth-order valence-electron chi connectivity index (χ4n) is 6.04. The number of hydrogen-bond donors (Lipinski definition) is 2. The molecule has 5 nitrogen and oxygen atoms in total. The minimum atomic E-state index is -4.34. The molecule has 0 aliphatic heterocycles. The molecule has 170 valence electrons. The van der Waals surface area contributed by atoms with Crippen LogP contribution in [0.5, 0.6) is 0 Å². The van der Waals surface area contributed by atoms with Gasteiger partial charge in [-0.15, -0.1) is 0 Å². The fraction of sp³-hybridized carbons (Fsp3) is 0.652. The van der Waals surface area contributed by atoms with Crippen LogP contribution in [-0.2, 0) is 27.5 Å². The monoisotopic (exact) mass is 438 g/mol. The molecular weight excluding hydrogens is 409 g/mol. The first-order valence-electron chi connectivity index (χ1n) is 11.0. The molecule has 4 aliphatic rings. The molecule has 8 heteroatoms. The van der Waals surface area contributed by atoms with Gasteiger partial charge in [0.05, 0.1) is 13.2 Å². The average Bonchev–Trinajstić information content (AvgIpc) is 2.69. The zero-order valence-electron chi connectivity index (χ0n) is 17.5. The fourth-order valence-corrected chi connectivity index (χ4v) is 6.04. The first-order chi connectivity index (χ1) is 14.7. The van der Waals surface area contributed by atoms with E-state index in [1.54, 1.807) is 24.3 Å². The summed E-state index contributed by atoms with van der Waals surface area (Å²) in [6, 6.07) is 6.82. The lowest BCUT2D eigenvalue weighted by Gasteiger charge is -2.55. The Morgan fingerprint density at radius 1 is 0.935 bits per heavy atom. The molecular formula is C23H29F3N2O3. The third-order valence-corrected chi connectivity index (χ3v) is 6.98. The van der Waals surface area contributed by atoms with E-state index in [0.717, 1.165) is 24.8 Å². The molecule has 4 saturated carbocycles. The van der Waals surface area contributed by atoms with Gasteiger partial charge in [0.15, 0.2) is 0 Å².